The van der Waals surface area contributed by atoms with Crippen molar-refractivity contribution in [2.45, 2.75) is 41.9 Å². The smallest absolute Gasteiger partial charge is 0.241 e. The number of hydrogen-bond acceptors (Lipinski definition) is 4. The minimum atomic E-state index is -3.89. The zero-order chi connectivity index (χ0) is 14.6. The Kier molecular flexibility index (Phi) is 5.04. The van der Waals surface area contributed by atoms with Gasteiger partial charge in [-0.25, -0.2) is 22.5 Å². The molecule has 1 aromatic rings. The fraction of sp³-hybridized carbons (Fsp3) is 0.615. The van der Waals surface area contributed by atoms with E-state index in [0.29, 0.717) is 6.54 Å². The molecule has 1 aliphatic rings. The maximum absolute atomic E-state index is 13.5. The summed E-state index contributed by atoms with van der Waals surface area (Å²) >= 11 is 1.69. The molecule has 20 heavy (non-hydrogen) atoms. The van der Waals surface area contributed by atoms with Crippen molar-refractivity contribution in [1.82, 2.24) is 9.71 Å². The fourth-order valence-electron chi connectivity index (χ4n) is 2.51. The first-order valence-corrected chi connectivity index (χ1v) is 9.35. The van der Waals surface area contributed by atoms with Gasteiger partial charge in [-0.05, 0) is 31.2 Å². The lowest BCUT2D eigenvalue weighted by molar-refractivity contribution is 0.394. The lowest BCUT2D eigenvalue weighted by Gasteiger charge is -2.35. The van der Waals surface area contributed by atoms with Crippen molar-refractivity contribution >= 4 is 21.8 Å². The highest BCUT2D eigenvalue weighted by molar-refractivity contribution is 8.00. The number of nitrogens with zero attached hydrogens (tertiary/aromatic N) is 1. The molecule has 1 N–H and O–H groups in total. The minimum Gasteiger partial charge on any atom is -0.241 e. The topological polar surface area (TPSA) is 59.1 Å². The van der Waals surface area contributed by atoms with Crippen LogP contribution in [0.25, 0.3) is 0 Å². The van der Waals surface area contributed by atoms with Gasteiger partial charge in [-0.15, -0.1) is 0 Å². The summed E-state index contributed by atoms with van der Waals surface area (Å²) in [5, 5.41) is -0.521. The van der Waals surface area contributed by atoms with Crippen LogP contribution in [0.15, 0.2) is 23.4 Å². The zero-order valence-corrected chi connectivity index (χ0v) is 13.1. The van der Waals surface area contributed by atoms with Gasteiger partial charge in [0.15, 0.2) is 5.82 Å². The van der Waals surface area contributed by atoms with Gasteiger partial charge in [-0.2, -0.15) is 11.8 Å². The number of pyridine rings is 1. The summed E-state index contributed by atoms with van der Waals surface area (Å²) < 4.78 is 40.3. The Morgan fingerprint density at radius 3 is 2.70 bits per heavy atom. The average molecular weight is 318 g/mol. The van der Waals surface area contributed by atoms with Gasteiger partial charge in [0, 0.05) is 17.5 Å². The van der Waals surface area contributed by atoms with Crippen LogP contribution >= 0.6 is 11.8 Å². The van der Waals surface area contributed by atoms with Crippen molar-refractivity contribution in [3.63, 3.8) is 0 Å². The molecule has 1 aromatic heterocycles. The van der Waals surface area contributed by atoms with Gasteiger partial charge in [-0.3, -0.25) is 0 Å². The van der Waals surface area contributed by atoms with E-state index in [-0.39, 0.29) is 4.75 Å². The molecule has 7 heteroatoms. The average Bonchev–Trinajstić information content (AvgIpc) is 2.47. The molecule has 0 amide bonds. The molecule has 4 nitrogen and oxygen atoms in total. The summed E-state index contributed by atoms with van der Waals surface area (Å²) in [5.41, 5.74) is 0. The van der Waals surface area contributed by atoms with Gasteiger partial charge in [0.2, 0.25) is 5.03 Å². The van der Waals surface area contributed by atoms with E-state index in [9.17, 15) is 12.8 Å². The first-order valence-electron chi connectivity index (χ1n) is 6.64. The minimum absolute atomic E-state index is 0.0728. The Morgan fingerprint density at radius 2 is 2.10 bits per heavy atom. The number of thioether (sulfide) groups is 1. The molecule has 0 atom stereocenters. The number of rotatable bonds is 5. The number of nitrogens with one attached hydrogen (secondary N) is 1. The van der Waals surface area contributed by atoms with Gasteiger partial charge in [0.25, 0.3) is 10.0 Å². The molecule has 2 rings (SSSR count). The van der Waals surface area contributed by atoms with Crippen LogP contribution in [0.5, 0.6) is 0 Å². The molecule has 0 aromatic carbocycles. The van der Waals surface area contributed by atoms with Crippen LogP contribution < -0.4 is 4.72 Å². The first-order chi connectivity index (χ1) is 9.49. The third kappa shape index (κ3) is 3.51. The van der Waals surface area contributed by atoms with Gasteiger partial charge in [-0.1, -0.05) is 19.3 Å². The van der Waals surface area contributed by atoms with Crippen molar-refractivity contribution in [3.05, 3.63) is 24.1 Å². The fourth-order valence-corrected chi connectivity index (χ4v) is 4.65. The molecule has 0 bridgehead atoms. The highest BCUT2D eigenvalue weighted by atomic mass is 32.2. The van der Waals surface area contributed by atoms with Gasteiger partial charge in [0.05, 0.1) is 0 Å². The van der Waals surface area contributed by atoms with Crippen molar-refractivity contribution in [2.75, 3.05) is 12.8 Å². The largest absolute Gasteiger partial charge is 0.261 e. The van der Waals surface area contributed by atoms with Crippen LogP contribution in [-0.2, 0) is 10.0 Å². The Balaban J connectivity index is 2.11. The second-order valence-corrected chi connectivity index (χ2v) is 8.02. The maximum atomic E-state index is 13.5. The molecular weight excluding hydrogens is 299 g/mol. The lowest BCUT2D eigenvalue weighted by Crippen LogP contribution is -2.42. The van der Waals surface area contributed by atoms with Crippen LogP contribution in [0.3, 0.4) is 0 Å². The second kappa shape index (κ2) is 6.41. The molecule has 112 valence electrons. The summed E-state index contributed by atoms with van der Waals surface area (Å²) in [6.45, 7) is 0.326. The van der Waals surface area contributed by atoms with Gasteiger partial charge < -0.3 is 0 Å². The zero-order valence-electron chi connectivity index (χ0n) is 11.4. The highest BCUT2D eigenvalue weighted by Crippen LogP contribution is 2.38. The molecule has 0 saturated heterocycles. The molecule has 1 aliphatic carbocycles. The summed E-state index contributed by atoms with van der Waals surface area (Å²) in [5.74, 6) is -0.818. The van der Waals surface area contributed by atoms with Crippen LogP contribution in [-0.4, -0.2) is 30.9 Å². The van der Waals surface area contributed by atoms with Crippen molar-refractivity contribution < 1.29 is 12.8 Å². The van der Waals surface area contributed by atoms with Crippen LogP contribution in [0.4, 0.5) is 4.39 Å². The van der Waals surface area contributed by atoms with E-state index in [4.69, 9.17) is 0 Å². The van der Waals surface area contributed by atoms with E-state index < -0.39 is 20.9 Å². The Hall–Kier alpha value is -0.660. The highest BCUT2D eigenvalue weighted by Gasteiger charge is 2.33. The summed E-state index contributed by atoms with van der Waals surface area (Å²) in [4.78, 5) is 3.63. The van der Waals surface area contributed by atoms with Crippen molar-refractivity contribution in [2.24, 2.45) is 0 Å². The second-order valence-electron chi connectivity index (χ2n) is 5.06. The predicted molar refractivity (Wildman–Crippen MR) is 78.7 cm³/mol. The molecule has 0 aliphatic heterocycles. The molecule has 0 radical (unpaired) electrons. The predicted octanol–water partition coefficient (Wildman–Crippen LogP) is 2.56. The van der Waals surface area contributed by atoms with Gasteiger partial charge in [0.1, 0.15) is 0 Å². The summed E-state index contributed by atoms with van der Waals surface area (Å²) in [6.07, 6.45) is 8.68. The summed E-state index contributed by atoms with van der Waals surface area (Å²) in [7, 11) is -3.89. The quantitative estimate of drug-likeness (QED) is 0.906. The van der Waals surface area contributed by atoms with Crippen molar-refractivity contribution in [3.8, 4) is 0 Å². The van der Waals surface area contributed by atoms with Crippen LogP contribution in [0.1, 0.15) is 32.1 Å². The standard InChI is InChI=1S/C13H19FN2O2S2/c1-19-13(7-3-2-4-8-13)10-16-20(17,18)12-11(14)6-5-9-15-12/h5-6,9,16H,2-4,7-8,10H2,1H3. The van der Waals surface area contributed by atoms with Crippen LogP contribution in [0.2, 0.25) is 0 Å². The number of sulfonamides is 1. The molecule has 0 unspecified atom stereocenters. The SMILES string of the molecule is CSC1(CNS(=O)(=O)c2ncccc2F)CCCCC1. The first kappa shape index (κ1) is 15.7. The van der Waals surface area contributed by atoms with E-state index in [0.717, 1.165) is 31.7 Å². The Morgan fingerprint density at radius 1 is 1.40 bits per heavy atom. The third-order valence-electron chi connectivity index (χ3n) is 3.76. The monoisotopic (exact) mass is 318 g/mol. The Labute approximate surface area is 123 Å². The van der Waals surface area contributed by atoms with E-state index in [2.05, 4.69) is 9.71 Å². The molecule has 1 fully saturated rings. The normalized spacial score (nSPS) is 18.9. The molecule has 0 spiro atoms. The lowest BCUT2D eigenvalue weighted by atomic mass is 9.88. The van der Waals surface area contributed by atoms with E-state index in [1.54, 1.807) is 11.8 Å². The number of aromatic nitrogens is 1. The van der Waals surface area contributed by atoms with Gasteiger partial charge >= 0.3 is 0 Å². The molecule has 1 saturated carbocycles. The number of hydrogen-bond donors (Lipinski definition) is 1. The van der Waals surface area contributed by atoms with E-state index >= 15 is 0 Å². The summed E-state index contributed by atoms with van der Waals surface area (Å²) in [6, 6.07) is 2.48. The third-order valence-corrected chi connectivity index (χ3v) is 6.51. The molecular formula is C13H19FN2O2S2. The van der Waals surface area contributed by atoms with Crippen molar-refractivity contribution in [1.29, 1.82) is 0 Å². The van der Waals surface area contributed by atoms with Crippen LogP contribution in [0, 0.1) is 5.82 Å². The number of halogens is 1. The molecule has 1 heterocycles. The van der Waals surface area contributed by atoms with E-state index in [1.165, 1.54) is 18.7 Å². The Bertz CT molecular complexity index is 557. The maximum Gasteiger partial charge on any atom is 0.261 e. The van der Waals surface area contributed by atoms with E-state index in [1.807, 2.05) is 6.26 Å².